The summed E-state index contributed by atoms with van der Waals surface area (Å²) in [5.41, 5.74) is 0. The summed E-state index contributed by atoms with van der Waals surface area (Å²) in [4.78, 5) is 0. The van der Waals surface area contributed by atoms with E-state index in [4.69, 9.17) is 4.74 Å². The summed E-state index contributed by atoms with van der Waals surface area (Å²) in [5, 5.41) is 0. The molecule has 68 valence electrons. The van der Waals surface area contributed by atoms with Gasteiger partial charge in [0, 0.05) is 4.38 Å². The van der Waals surface area contributed by atoms with Crippen LogP contribution < -0.4 is 0 Å². The molecular weight excluding hydrogens is 361 g/mol. The average Bonchev–Trinajstić information content (AvgIpc) is 1.88. The molecule has 0 unspecified atom stereocenters. The molecule has 0 saturated heterocycles. The van der Waals surface area contributed by atoms with Crippen LogP contribution in [-0.2, 0) is 39.7 Å². The maximum absolute atomic E-state index is 5.24. The molecular formula is C7H11AuOS2. The first-order chi connectivity index (χ1) is 4.79. The first-order valence-corrected chi connectivity index (χ1v) is 4.48. The van der Waals surface area contributed by atoms with Gasteiger partial charge in [0.15, 0.2) is 0 Å². The fourth-order valence-electron chi connectivity index (χ4n) is 1.32. The maximum atomic E-state index is 5.24. The average molecular weight is 372 g/mol. The van der Waals surface area contributed by atoms with Crippen LogP contribution in [0.3, 0.4) is 0 Å². The molecule has 0 spiro atoms. The molecule has 1 rings (SSSR count). The first-order valence-electron chi connectivity index (χ1n) is 3.66. The molecule has 0 N–H and O–H groups in total. The maximum Gasteiger partial charge on any atom is 1.00 e. The zero-order chi connectivity index (χ0) is 7.40. The van der Waals surface area contributed by atoms with Crippen molar-refractivity contribution in [3.05, 3.63) is 0 Å². The van der Waals surface area contributed by atoms with E-state index >= 15 is 0 Å². The molecule has 0 atom stereocenters. The fraction of sp³-hybridized carbons (Fsp3) is 0.857. The van der Waals surface area contributed by atoms with E-state index < -0.39 is 0 Å². The molecule has 0 aromatic carbocycles. The van der Waals surface area contributed by atoms with Gasteiger partial charge in [0.05, 0.1) is 6.10 Å². The second-order valence-corrected chi connectivity index (χ2v) is 3.63. The monoisotopic (exact) mass is 372 g/mol. The number of thiocarbonyl (C=S) groups is 1. The van der Waals surface area contributed by atoms with Crippen LogP contribution in [0.2, 0.25) is 0 Å². The Morgan fingerprint density at radius 1 is 1.27 bits per heavy atom. The normalized spacial score (nSPS) is 18.5. The van der Waals surface area contributed by atoms with Gasteiger partial charge in [-0.2, -0.15) is 0 Å². The molecule has 0 aromatic rings. The molecule has 0 radical (unpaired) electrons. The van der Waals surface area contributed by atoms with Crippen molar-refractivity contribution >= 4 is 29.2 Å². The molecule has 1 aliphatic carbocycles. The Hall–Kier alpha value is 0.850. The van der Waals surface area contributed by atoms with E-state index in [1.807, 2.05) is 0 Å². The van der Waals surface area contributed by atoms with E-state index in [1.165, 1.54) is 19.3 Å². The molecule has 0 amide bonds. The molecule has 0 aromatic heterocycles. The second kappa shape index (κ2) is 6.38. The predicted octanol–water partition coefficient (Wildman–Crippen LogP) is 2.17. The zero-order valence-electron chi connectivity index (χ0n) is 6.14. The molecule has 1 fully saturated rings. The third-order valence-electron chi connectivity index (χ3n) is 1.82. The Kier molecular flexibility index (Phi) is 6.87. The Bertz CT molecular complexity index is 124. The summed E-state index contributed by atoms with van der Waals surface area (Å²) in [6.45, 7) is 0. The Morgan fingerprint density at radius 3 is 2.27 bits per heavy atom. The Morgan fingerprint density at radius 2 is 1.82 bits per heavy atom. The third kappa shape index (κ3) is 5.15. The number of ether oxygens (including phenoxy) is 1. The van der Waals surface area contributed by atoms with Gasteiger partial charge in [0.2, 0.25) is 0 Å². The predicted molar refractivity (Wildman–Crippen MR) is 47.9 cm³/mol. The number of hydrogen-bond donors (Lipinski definition) is 0. The van der Waals surface area contributed by atoms with Crippen LogP contribution in [-0.4, -0.2) is 10.5 Å². The van der Waals surface area contributed by atoms with Crippen molar-refractivity contribution in [3.63, 3.8) is 0 Å². The minimum atomic E-state index is 0. The Labute approximate surface area is 94.2 Å². The van der Waals surface area contributed by atoms with Crippen LogP contribution in [0.1, 0.15) is 32.1 Å². The molecule has 1 saturated carbocycles. The largest absolute Gasteiger partial charge is 1.00 e. The zero-order valence-corrected chi connectivity index (χ0v) is 9.94. The van der Waals surface area contributed by atoms with E-state index in [2.05, 4.69) is 24.8 Å². The summed E-state index contributed by atoms with van der Waals surface area (Å²) in [6.07, 6.45) is 6.47. The van der Waals surface area contributed by atoms with Gasteiger partial charge in [-0.25, -0.2) is 0 Å². The van der Waals surface area contributed by atoms with Crippen LogP contribution in [0.25, 0.3) is 0 Å². The van der Waals surface area contributed by atoms with Gasteiger partial charge in [-0.1, -0.05) is 6.42 Å². The van der Waals surface area contributed by atoms with Crippen molar-refractivity contribution in [2.45, 2.75) is 38.2 Å². The SMILES string of the molecule is S=C([S-])OC1CCCCC1.[Au+]. The van der Waals surface area contributed by atoms with Gasteiger partial charge < -0.3 is 29.6 Å². The quantitative estimate of drug-likeness (QED) is 0.397. The van der Waals surface area contributed by atoms with Crippen LogP contribution in [0.4, 0.5) is 0 Å². The van der Waals surface area contributed by atoms with E-state index in [-0.39, 0.29) is 26.8 Å². The van der Waals surface area contributed by atoms with Gasteiger partial charge in [-0.3, -0.25) is 0 Å². The minimum Gasteiger partial charge on any atom is -0.510 e. The van der Waals surface area contributed by atoms with Crippen molar-refractivity contribution in [2.75, 3.05) is 0 Å². The molecule has 0 heterocycles. The van der Waals surface area contributed by atoms with E-state index in [0.717, 1.165) is 12.8 Å². The molecule has 11 heavy (non-hydrogen) atoms. The molecule has 0 aliphatic heterocycles. The molecule has 0 bridgehead atoms. The van der Waals surface area contributed by atoms with E-state index in [1.54, 1.807) is 0 Å². The van der Waals surface area contributed by atoms with E-state index in [0.29, 0.717) is 6.10 Å². The standard InChI is InChI=1S/C7H12OS2.Au/c9-7(10)8-6-4-2-1-3-5-6;/h6H,1-5H2,(H,9,10);/q;+1/p-1. The van der Waals surface area contributed by atoms with Crippen LogP contribution in [0, 0.1) is 0 Å². The first kappa shape index (κ1) is 11.9. The summed E-state index contributed by atoms with van der Waals surface area (Å²) >= 11 is 9.34. The van der Waals surface area contributed by atoms with Crippen LogP contribution in [0.15, 0.2) is 0 Å². The van der Waals surface area contributed by atoms with Crippen molar-refractivity contribution < 1.29 is 27.1 Å². The third-order valence-corrected chi connectivity index (χ3v) is 2.01. The van der Waals surface area contributed by atoms with Gasteiger partial charge in [-0.05, 0) is 25.7 Å². The molecule has 4 heteroatoms. The number of rotatable bonds is 1. The minimum absolute atomic E-state index is 0. The summed E-state index contributed by atoms with van der Waals surface area (Å²) < 4.78 is 5.52. The van der Waals surface area contributed by atoms with Crippen LogP contribution in [0.5, 0.6) is 0 Å². The van der Waals surface area contributed by atoms with Crippen molar-refractivity contribution in [3.8, 4) is 0 Å². The fourth-order valence-corrected chi connectivity index (χ4v) is 1.59. The summed E-state index contributed by atoms with van der Waals surface area (Å²) in [7, 11) is 0. The van der Waals surface area contributed by atoms with Gasteiger partial charge >= 0.3 is 22.4 Å². The van der Waals surface area contributed by atoms with Gasteiger partial charge in [0.1, 0.15) is 0 Å². The summed E-state index contributed by atoms with van der Waals surface area (Å²) in [6, 6.07) is 0. The second-order valence-electron chi connectivity index (χ2n) is 2.63. The van der Waals surface area contributed by atoms with Crippen molar-refractivity contribution in [1.82, 2.24) is 0 Å². The summed E-state index contributed by atoms with van der Waals surface area (Å²) in [5.74, 6) is 0. The van der Waals surface area contributed by atoms with Crippen molar-refractivity contribution in [2.24, 2.45) is 0 Å². The topological polar surface area (TPSA) is 9.23 Å². The van der Waals surface area contributed by atoms with E-state index in [9.17, 15) is 0 Å². The number of hydrogen-bond acceptors (Lipinski definition) is 3. The van der Waals surface area contributed by atoms with Gasteiger partial charge in [0.25, 0.3) is 0 Å². The smallest absolute Gasteiger partial charge is 0.510 e. The molecule has 1 nitrogen and oxygen atoms in total. The Balaban J connectivity index is 0.000001000. The van der Waals surface area contributed by atoms with Gasteiger partial charge in [-0.15, -0.1) is 0 Å². The van der Waals surface area contributed by atoms with Crippen LogP contribution >= 0.6 is 12.2 Å². The molecule has 1 aliphatic rings. The van der Waals surface area contributed by atoms with Crippen molar-refractivity contribution in [1.29, 1.82) is 0 Å².